The standard InChI is InChI=1S/C25H27ClN8O4S/c1-3-14-19(26)18-20(30-14)32-24(39-13-9-16-15(29-10-13)5-4-7-28-16)33-21(18)34-8-6-25(27,12-34)23(37)31-17(11-35)22(36)38-2/h4-5,7,9-10,17,35H,3,6,8,11-12,27H2,1-2H3,(H,31,37)(H,30,32,33)/t17-,25?/m1/s1. The van der Waals surface area contributed by atoms with Crippen LogP contribution in [0.2, 0.25) is 5.02 Å². The lowest BCUT2D eigenvalue weighted by atomic mass is 9.98. The van der Waals surface area contributed by atoms with E-state index < -0.39 is 30.1 Å². The molecule has 4 aromatic rings. The van der Waals surface area contributed by atoms with E-state index in [2.05, 4.69) is 25.0 Å². The third-order valence-corrected chi connectivity index (χ3v) is 7.88. The van der Waals surface area contributed by atoms with Crippen molar-refractivity contribution in [2.45, 2.75) is 41.4 Å². The summed E-state index contributed by atoms with van der Waals surface area (Å²) in [5.74, 6) is -0.784. The molecule has 5 heterocycles. The maximum Gasteiger partial charge on any atom is 0.330 e. The van der Waals surface area contributed by atoms with Crippen molar-refractivity contribution in [3.8, 4) is 0 Å². The predicted molar refractivity (Wildman–Crippen MR) is 147 cm³/mol. The van der Waals surface area contributed by atoms with Crippen molar-refractivity contribution in [1.29, 1.82) is 0 Å². The number of aliphatic hydroxyl groups is 1. The monoisotopic (exact) mass is 570 g/mol. The summed E-state index contributed by atoms with van der Waals surface area (Å²) in [6.45, 7) is 1.89. The Balaban J connectivity index is 1.47. The second kappa shape index (κ2) is 10.9. The van der Waals surface area contributed by atoms with Gasteiger partial charge in [0, 0.05) is 36.1 Å². The molecule has 0 aromatic carbocycles. The molecule has 5 N–H and O–H groups in total. The second-order valence-corrected chi connectivity index (χ2v) is 10.6. The SMILES string of the molecule is CCc1[nH]c2nc(Sc3cnc4cccnc4c3)nc(N3CCC(N)(C(=O)N[C@H](CO)C(=O)OC)C3)c2c1Cl. The minimum atomic E-state index is -1.34. The first-order chi connectivity index (χ1) is 18.8. The zero-order valence-electron chi connectivity index (χ0n) is 21.3. The second-order valence-electron chi connectivity index (χ2n) is 9.20. The van der Waals surface area contributed by atoms with E-state index in [1.54, 1.807) is 12.4 Å². The quantitative estimate of drug-likeness (QED) is 0.180. The van der Waals surface area contributed by atoms with Gasteiger partial charge in [0.25, 0.3) is 0 Å². The van der Waals surface area contributed by atoms with Crippen molar-refractivity contribution in [3.63, 3.8) is 0 Å². The number of amides is 1. The topological polar surface area (TPSA) is 172 Å². The lowest BCUT2D eigenvalue weighted by Crippen LogP contribution is -2.59. The molecule has 0 spiro atoms. The number of rotatable bonds is 8. The number of hydrogen-bond acceptors (Lipinski definition) is 11. The highest BCUT2D eigenvalue weighted by Gasteiger charge is 2.43. The number of aliphatic hydroxyl groups excluding tert-OH is 1. The first kappa shape index (κ1) is 27.1. The minimum absolute atomic E-state index is 0.110. The third kappa shape index (κ3) is 5.22. The molecule has 204 valence electrons. The fraction of sp³-hybridized carbons (Fsp3) is 0.360. The Morgan fingerprint density at radius 3 is 2.92 bits per heavy atom. The van der Waals surface area contributed by atoms with Gasteiger partial charge in [0.2, 0.25) is 5.91 Å². The summed E-state index contributed by atoms with van der Waals surface area (Å²) in [6, 6.07) is 4.44. The van der Waals surface area contributed by atoms with Crippen molar-refractivity contribution >= 4 is 63.1 Å². The van der Waals surface area contributed by atoms with Gasteiger partial charge in [-0.3, -0.25) is 14.8 Å². The number of esters is 1. The smallest absolute Gasteiger partial charge is 0.330 e. The highest BCUT2D eigenvalue weighted by molar-refractivity contribution is 7.99. The molecular weight excluding hydrogens is 544 g/mol. The molecule has 39 heavy (non-hydrogen) atoms. The number of nitrogens with two attached hydrogens (primary N) is 1. The molecule has 0 bridgehead atoms. The van der Waals surface area contributed by atoms with Crippen LogP contribution < -0.4 is 16.0 Å². The molecule has 0 aliphatic carbocycles. The Morgan fingerprint density at radius 2 is 2.18 bits per heavy atom. The fourth-order valence-corrected chi connectivity index (χ4v) is 5.62. The number of anilines is 1. The van der Waals surface area contributed by atoms with Crippen LogP contribution >= 0.6 is 23.4 Å². The summed E-state index contributed by atoms with van der Waals surface area (Å²) >= 11 is 8.07. The summed E-state index contributed by atoms with van der Waals surface area (Å²) in [6.07, 6.45) is 4.40. The van der Waals surface area contributed by atoms with Gasteiger partial charge in [0.1, 0.15) is 17.0 Å². The Kier molecular flexibility index (Phi) is 7.58. The number of pyridine rings is 2. The summed E-state index contributed by atoms with van der Waals surface area (Å²) in [5, 5.41) is 13.6. The number of methoxy groups -OCH3 is 1. The number of carbonyl (C=O) groups is 2. The summed E-state index contributed by atoms with van der Waals surface area (Å²) in [7, 11) is 1.18. The van der Waals surface area contributed by atoms with Crippen LogP contribution in [-0.4, -0.2) is 80.3 Å². The van der Waals surface area contributed by atoms with Crippen molar-refractivity contribution < 1.29 is 19.4 Å². The molecule has 1 unspecified atom stereocenters. The number of fused-ring (bicyclic) bond motifs is 2. The fourth-order valence-electron chi connectivity index (χ4n) is 4.51. The van der Waals surface area contributed by atoms with Gasteiger partial charge in [-0.05, 0) is 42.8 Å². The van der Waals surface area contributed by atoms with Gasteiger partial charge in [-0.15, -0.1) is 0 Å². The molecule has 4 aromatic heterocycles. The van der Waals surface area contributed by atoms with Gasteiger partial charge < -0.3 is 30.8 Å². The Labute approximate surface area is 232 Å². The van der Waals surface area contributed by atoms with Crippen LogP contribution in [0.15, 0.2) is 40.6 Å². The number of aryl methyl sites for hydroxylation is 1. The van der Waals surface area contributed by atoms with Gasteiger partial charge in [-0.2, -0.15) is 0 Å². The molecule has 2 atom stereocenters. The number of nitrogens with one attached hydrogen (secondary N) is 2. The molecular formula is C25H27ClN8O4S. The van der Waals surface area contributed by atoms with E-state index in [4.69, 9.17) is 27.3 Å². The number of H-pyrrole nitrogens is 1. The number of ether oxygens (including phenoxy) is 1. The zero-order chi connectivity index (χ0) is 27.7. The number of halogens is 1. The van der Waals surface area contributed by atoms with E-state index in [1.807, 2.05) is 30.0 Å². The highest BCUT2D eigenvalue weighted by Crippen LogP contribution is 2.38. The molecule has 5 rings (SSSR count). The largest absolute Gasteiger partial charge is 0.467 e. The van der Waals surface area contributed by atoms with E-state index >= 15 is 0 Å². The van der Waals surface area contributed by atoms with Crippen LogP contribution in [0.4, 0.5) is 5.82 Å². The first-order valence-electron chi connectivity index (χ1n) is 12.3. The van der Waals surface area contributed by atoms with E-state index in [9.17, 15) is 14.7 Å². The molecule has 0 saturated carbocycles. The molecule has 1 saturated heterocycles. The van der Waals surface area contributed by atoms with E-state index in [0.717, 1.165) is 21.6 Å². The van der Waals surface area contributed by atoms with Crippen LogP contribution in [0.25, 0.3) is 22.1 Å². The molecule has 1 fully saturated rings. The number of aromatic amines is 1. The van der Waals surface area contributed by atoms with Crippen LogP contribution in [0.5, 0.6) is 0 Å². The Hall–Kier alpha value is -3.52. The number of aromatic nitrogens is 5. The maximum atomic E-state index is 13.1. The molecule has 14 heteroatoms. The average molecular weight is 571 g/mol. The number of hydrogen-bond donors (Lipinski definition) is 4. The lowest BCUT2D eigenvalue weighted by molar-refractivity contribution is -0.146. The highest BCUT2D eigenvalue weighted by atomic mass is 35.5. The summed E-state index contributed by atoms with van der Waals surface area (Å²) in [4.78, 5) is 49.3. The zero-order valence-corrected chi connectivity index (χ0v) is 22.8. The molecule has 1 amide bonds. The van der Waals surface area contributed by atoms with E-state index in [-0.39, 0.29) is 13.0 Å². The van der Waals surface area contributed by atoms with Gasteiger partial charge in [-0.1, -0.05) is 18.5 Å². The predicted octanol–water partition coefficient (Wildman–Crippen LogP) is 1.83. The van der Waals surface area contributed by atoms with Crippen molar-refractivity contribution in [3.05, 3.63) is 41.3 Å². The maximum absolute atomic E-state index is 13.1. The molecule has 12 nitrogen and oxygen atoms in total. The Bertz CT molecular complexity index is 1570. The first-order valence-corrected chi connectivity index (χ1v) is 13.5. The van der Waals surface area contributed by atoms with Gasteiger partial charge >= 0.3 is 5.97 Å². The van der Waals surface area contributed by atoms with Crippen LogP contribution in [0.1, 0.15) is 19.0 Å². The number of carbonyl (C=O) groups excluding carboxylic acids is 2. The molecule has 0 radical (unpaired) electrons. The molecule has 1 aliphatic rings. The third-order valence-electron chi connectivity index (χ3n) is 6.64. The number of nitrogens with zero attached hydrogens (tertiary/aromatic N) is 5. The van der Waals surface area contributed by atoms with Crippen molar-refractivity contribution in [2.24, 2.45) is 5.73 Å². The van der Waals surface area contributed by atoms with E-state index in [0.29, 0.717) is 40.0 Å². The van der Waals surface area contributed by atoms with Crippen LogP contribution in [0.3, 0.4) is 0 Å². The Morgan fingerprint density at radius 1 is 1.36 bits per heavy atom. The van der Waals surface area contributed by atoms with Gasteiger partial charge in [0.05, 0.1) is 35.2 Å². The van der Waals surface area contributed by atoms with Crippen LogP contribution in [0, 0.1) is 0 Å². The van der Waals surface area contributed by atoms with Crippen LogP contribution in [-0.2, 0) is 20.7 Å². The van der Waals surface area contributed by atoms with Gasteiger partial charge in [0.15, 0.2) is 11.2 Å². The average Bonchev–Trinajstić information content (AvgIpc) is 3.51. The molecule has 1 aliphatic heterocycles. The van der Waals surface area contributed by atoms with Crippen molar-refractivity contribution in [2.75, 3.05) is 31.7 Å². The lowest BCUT2D eigenvalue weighted by Gasteiger charge is -2.26. The van der Waals surface area contributed by atoms with Crippen molar-refractivity contribution in [1.82, 2.24) is 30.2 Å². The normalized spacial score (nSPS) is 18.0. The van der Waals surface area contributed by atoms with Gasteiger partial charge in [-0.25, -0.2) is 14.8 Å². The summed E-state index contributed by atoms with van der Waals surface area (Å²) < 4.78 is 4.64. The summed E-state index contributed by atoms with van der Waals surface area (Å²) in [5.41, 5.74) is 8.11. The van der Waals surface area contributed by atoms with E-state index in [1.165, 1.54) is 18.9 Å². The minimum Gasteiger partial charge on any atom is -0.467 e.